The highest BCUT2D eigenvalue weighted by Gasteiger charge is 2.20. The summed E-state index contributed by atoms with van der Waals surface area (Å²) in [6.45, 7) is 9.06. The van der Waals surface area contributed by atoms with Crippen LogP contribution in [0.2, 0.25) is 0 Å². The number of hydrogen-bond acceptors (Lipinski definition) is 6. The van der Waals surface area contributed by atoms with Crippen molar-refractivity contribution < 1.29 is 4.79 Å². The molecule has 0 atom stereocenters. The summed E-state index contributed by atoms with van der Waals surface area (Å²) in [6.07, 6.45) is 0. The number of rotatable bonds is 6. The highest BCUT2D eigenvalue weighted by molar-refractivity contribution is 8.00. The average Bonchev–Trinajstić information content (AvgIpc) is 2.74. The molecule has 164 valence electrons. The molecule has 0 saturated heterocycles. The molecule has 3 rings (SSSR count). The van der Waals surface area contributed by atoms with E-state index in [-0.39, 0.29) is 22.7 Å². The van der Waals surface area contributed by atoms with Gasteiger partial charge in [0.25, 0.3) is 5.56 Å². The number of carbonyl (C=O) groups is 1. The Hall–Kier alpha value is -2.94. The van der Waals surface area contributed by atoms with Crippen molar-refractivity contribution in [2.75, 3.05) is 18.8 Å². The van der Waals surface area contributed by atoms with E-state index in [1.165, 1.54) is 23.4 Å². The average molecular weight is 442 g/mol. The molecule has 1 aromatic carbocycles. The smallest absolute Gasteiger partial charge is 0.332 e. The number of aromatic nitrogens is 4. The molecule has 0 aliphatic rings. The van der Waals surface area contributed by atoms with Crippen molar-refractivity contribution in [2.45, 2.75) is 32.7 Å². The van der Waals surface area contributed by atoms with E-state index in [2.05, 4.69) is 16.0 Å². The Bertz CT molecular complexity index is 1250. The summed E-state index contributed by atoms with van der Waals surface area (Å²) in [5.74, 6) is 0.531. The van der Waals surface area contributed by atoms with Crippen LogP contribution in [0.5, 0.6) is 0 Å². The molecule has 0 saturated carbocycles. The molecule has 0 unspecified atom stereocenters. The largest absolute Gasteiger partial charge is 0.343 e. The molecule has 8 nitrogen and oxygen atoms in total. The maximum Gasteiger partial charge on any atom is 0.332 e. The van der Waals surface area contributed by atoms with Gasteiger partial charge in [-0.1, -0.05) is 29.0 Å². The van der Waals surface area contributed by atoms with Crippen LogP contribution >= 0.6 is 11.8 Å². The van der Waals surface area contributed by atoms with Crippen LogP contribution in [0, 0.1) is 13.8 Å². The van der Waals surface area contributed by atoms with Crippen LogP contribution in [0.15, 0.2) is 32.8 Å². The lowest BCUT2D eigenvalue weighted by atomic mass is 10.1. The maximum atomic E-state index is 12.9. The quantitative estimate of drug-likeness (QED) is 0.431. The topological polar surface area (TPSA) is 90.1 Å². The molecule has 3 aromatic rings. The van der Waals surface area contributed by atoms with Crippen molar-refractivity contribution >= 4 is 28.7 Å². The van der Waals surface area contributed by atoms with E-state index < -0.39 is 11.2 Å². The van der Waals surface area contributed by atoms with Crippen molar-refractivity contribution in [1.82, 2.24) is 24.0 Å². The first kappa shape index (κ1) is 22.7. The van der Waals surface area contributed by atoms with E-state index in [1.807, 2.05) is 39.8 Å². The van der Waals surface area contributed by atoms with Gasteiger partial charge in [-0.15, -0.1) is 0 Å². The van der Waals surface area contributed by atoms with Crippen LogP contribution in [-0.4, -0.2) is 48.8 Å². The zero-order valence-corrected chi connectivity index (χ0v) is 19.5. The lowest BCUT2D eigenvalue weighted by molar-refractivity contribution is -0.127. The second kappa shape index (κ2) is 9.05. The Morgan fingerprint density at radius 2 is 1.61 bits per heavy atom. The van der Waals surface area contributed by atoms with Crippen molar-refractivity contribution in [3.8, 4) is 11.4 Å². The van der Waals surface area contributed by atoms with Crippen LogP contribution < -0.4 is 11.2 Å². The minimum Gasteiger partial charge on any atom is -0.343 e. The molecule has 0 bridgehead atoms. The third-order valence-electron chi connectivity index (χ3n) is 5.20. The minimum absolute atomic E-state index is 0.0312. The second-order valence-electron chi connectivity index (χ2n) is 7.49. The van der Waals surface area contributed by atoms with Gasteiger partial charge in [-0.25, -0.2) is 14.8 Å². The predicted octanol–water partition coefficient (Wildman–Crippen LogP) is 2.27. The molecule has 1 amide bonds. The molecule has 0 aliphatic carbocycles. The van der Waals surface area contributed by atoms with E-state index in [0.29, 0.717) is 23.9 Å². The third kappa shape index (κ3) is 4.41. The van der Waals surface area contributed by atoms with Crippen LogP contribution in [0.1, 0.15) is 25.0 Å². The summed E-state index contributed by atoms with van der Waals surface area (Å²) >= 11 is 1.20. The van der Waals surface area contributed by atoms with Gasteiger partial charge in [0.1, 0.15) is 10.4 Å². The zero-order valence-electron chi connectivity index (χ0n) is 18.7. The molecular formula is C22H27N5O3S. The number of amides is 1. The molecule has 2 heterocycles. The van der Waals surface area contributed by atoms with Gasteiger partial charge >= 0.3 is 5.69 Å². The Morgan fingerprint density at radius 1 is 1.00 bits per heavy atom. The number of aryl methyl sites for hydroxylation is 3. The van der Waals surface area contributed by atoms with Crippen molar-refractivity contribution in [2.24, 2.45) is 14.1 Å². The molecule has 0 aliphatic heterocycles. The molecule has 0 radical (unpaired) electrons. The summed E-state index contributed by atoms with van der Waals surface area (Å²) < 4.78 is 2.39. The lowest BCUT2D eigenvalue weighted by Gasteiger charge is -2.18. The van der Waals surface area contributed by atoms with Gasteiger partial charge in [-0.2, -0.15) is 0 Å². The number of nitrogens with zero attached hydrogens (tertiary/aromatic N) is 5. The van der Waals surface area contributed by atoms with Crippen molar-refractivity contribution in [3.05, 3.63) is 50.2 Å². The molecular weight excluding hydrogens is 414 g/mol. The Labute approximate surface area is 184 Å². The maximum absolute atomic E-state index is 12.9. The Balaban J connectivity index is 2.23. The summed E-state index contributed by atoms with van der Waals surface area (Å²) in [7, 11) is 3.01. The van der Waals surface area contributed by atoms with Crippen LogP contribution in [-0.2, 0) is 18.9 Å². The fourth-order valence-corrected chi connectivity index (χ4v) is 4.48. The second-order valence-corrected chi connectivity index (χ2v) is 8.45. The Kier molecular flexibility index (Phi) is 6.64. The molecule has 9 heteroatoms. The number of carbonyl (C=O) groups excluding carboxylic acids is 1. The number of benzene rings is 1. The highest BCUT2D eigenvalue weighted by atomic mass is 32.2. The van der Waals surface area contributed by atoms with Gasteiger partial charge < -0.3 is 4.90 Å². The molecule has 2 aromatic heterocycles. The first-order chi connectivity index (χ1) is 14.7. The van der Waals surface area contributed by atoms with Crippen molar-refractivity contribution in [3.63, 3.8) is 0 Å². The van der Waals surface area contributed by atoms with Gasteiger partial charge in [0.15, 0.2) is 11.5 Å². The molecule has 31 heavy (non-hydrogen) atoms. The van der Waals surface area contributed by atoms with E-state index in [1.54, 1.807) is 11.9 Å². The first-order valence-corrected chi connectivity index (χ1v) is 11.1. The Morgan fingerprint density at radius 3 is 2.19 bits per heavy atom. The van der Waals surface area contributed by atoms with Crippen LogP contribution in [0.25, 0.3) is 22.4 Å². The summed E-state index contributed by atoms with van der Waals surface area (Å²) in [4.78, 5) is 49.0. The number of hydrogen-bond donors (Lipinski definition) is 0. The summed E-state index contributed by atoms with van der Waals surface area (Å²) in [6, 6.07) is 5.97. The van der Waals surface area contributed by atoms with Crippen LogP contribution in [0.3, 0.4) is 0 Å². The zero-order chi connectivity index (χ0) is 22.9. The summed E-state index contributed by atoms with van der Waals surface area (Å²) in [5, 5.41) is 0.644. The molecule has 0 N–H and O–H groups in total. The van der Waals surface area contributed by atoms with Gasteiger partial charge in [0, 0.05) is 32.7 Å². The monoisotopic (exact) mass is 441 g/mol. The minimum atomic E-state index is -0.470. The van der Waals surface area contributed by atoms with Gasteiger partial charge in [0.05, 0.1) is 5.75 Å². The highest BCUT2D eigenvalue weighted by Crippen LogP contribution is 2.27. The van der Waals surface area contributed by atoms with E-state index in [0.717, 1.165) is 21.3 Å². The lowest BCUT2D eigenvalue weighted by Crippen LogP contribution is -2.38. The van der Waals surface area contributed by atoms with E-state index in [4.69, 9.17) is 0 Å². The van der Waals surface area contributed by atoms with Crippen molar-refractivity contribution in [1.29, 1.82) is 0 Å². The normalized spacial score (nSPS) is 11.2. The number of thioether (sulfide) groups is 1. The SMILES string of the molecule is CCN(CC)C(=O)CSc1nc(-c2cc(C)cc(C)c2)nc2c1c(=O)n(C)c(=O)n2C. The van der Waals surface area contributed by atoms with E-state index in [9.17, 15) is 14.4 Å². The number of fused-ring (bicyclic) bond motifs is 1. The standard InChI is InChI=1S/C22H27N5O3S/c1-7-27(8-2)16(28)12-31-20-17-19(25(5)22(30)26(6)21(17)29)23-18(24-20)15-10-13(3)9-14(4)11-15/h9-11H,7-8,12H2,1-6H3. The van der Waals surface area contributed by atoms with Gasteiger partial charge in [-0.3, -0.25) is 18.7 Å². The third-order valence-corrected chi connectivity index (χ3v) is 6.16. The van der Waals surface area contributed by atoms with Gasteiger partial charge in [-0.05, 0) is 39.8 Å². The molecule has 0 spiro atoms. The summed E-state index contributed by atoms with van der Waals surface area (Å²) in [5.41, 5.74) is 2.24. The fraction of sp³-hybridized carbons (Fsp3) is 0.409. The van der Waals surface area contributed by atoms with Crippen LogP contribution in [0.4, 0.5) is 0 Å². The predicted molar refractivity (Wildman–Crippen MR) is 124 cm³/mol. The first-order valence-electron chi connectivity index (χ1n) is 10.1. The fourth-order valence-electron chi connectivity index (χ4n) is 3.56. The van der Waals surface area contributed by atoms with Gasteiger partial charge in [0.2, 0.25) is 5.91 Å². The molecule has 0 fully saturated rings. The van der Waals surface area contributed by atoms with E-state index >= 15 is 0 Å².